The van der Waals surface area contributed by atoms with Gasteiger partial charge in [-0.05, 0) is 24.6 Å². The minimum Gasteiger partial charge on any atom is -0.461 e. The number of esters is 1. The molecule has 2 aromatic heterocycles. The maximum absolute atomic E-state index is 11.8. The first-order chi connectivity index (χ1) is 10.6. The number of ether oxygens (including phenoxy) is 3. The molecule has 0 amide bonds. The van der Waals surface area contributed by atoms with E-state index in [2.05, 4.69) is 4.98 Å². The topological polar surface area (TPSA) is 82.3 Å². The van der Waals surface area contributed by atoms with Crippen molar-refractivity contribution in [1.82, 2.24) is 9.38 Å². The van der Waals surface area contributed by atoms with Crippen LogP contribution in [0.1, 0.15) is 23.0 Å². The molecule has 0 unspecified atom stereocenters. The molecule has 1 aliphatic heterocycles. The van der Waals surface area contributed by atoms with Gasteiger partial charge in [0, 0.05) is 6.20 Å². The van der Waals surface area contributed by atoms with Crippen LogP contribution in [0.4, 0.5) is 0 Å². The minimum absolute atomic E-state index is 0.237. The summed E-state index contributed by atoms with van der Waals surface area (Å²) in [7, 11) is 0. The Bertz CT molecular complexity index is 678. The van der Waals surface area contributed by atoms with Crippen LogP contribution in [0.5, 0.6) is 0 Å². The molecule has 3 rings (SSSR count). The quantitative estimate of drug-likeness (QED) is 0.795. The third-order valence-electron chi connectivity index (χ3n) is 3.44. The van der Waals surface area contributed by atoms with E-state index in [-0.39, 0.29) is 6.61 Å². The van der Waals surface area contributed by atoms with Crippen molar-refractivity contribution in [2.24, 2.45) is 0 Å². The average Bonchev–Trinajstić information content (AvgIpc) is 2.89. The maximum atomic E-state index is 11.8. The van der Waals surface area contributed by atoms with E-state index in [4.69, 9.17) is 14.2 Å². The Morgan fingerprint density at radius 1 is 1.55 bits per heavy atom. The molecule has 1 aliphatic rings. The first-order valence-electron chi connectivity index (χ1n) is 7.12. The van der Waals surface area contributed by atoms with Crippen LogP contribution in [-0.2, 0) is 20.8 Å². The van der Waals surface area contributed by atoms with Gasteiger partial charge in [-0.3, -0.25) is 4.40 Å². The van der Waals surface area contributed by atoms with Crippen LogP contribution < -0.4 is 0 Å². The summed E-state index contributed by atoms with van der Waals surface area (Å²) in [4.78, 5) is 16.0. The van der Waals surface area contributed by atoms with Gasteiger partial charge in [0.25, 0.3) is 0 Å². The number of pyridine rings is 1. The molecule has 118 valence electrons. The Balaban J connectivity index is 1.67. The third kappa shape index (κ3) is 2.96. The van der Waals surface area contributed by atoms with Crippen LogP contribution in [0.2, 0.25) is 0 Å². The normalized spacial score (nSPS) is 16.5. The molecule has 1 N–H and O–H groups in total. The summed E-state index contributed by atoms with van der Waals surface area (Å²) in [6.07, 6.45) is 3.25. The van der Waals surface area contributed by atoms with Crippen molar-refractivity contribution in [1.29, 1.82) is 0 Å². The van der Waals surface area contributed by atoms with Gasteiger partial charge < -0.3 is 19.3 Å². The summed E-state index contributed by atoms with van der Waals surface area (Å²) in [6.45, 7) is 3.31. The van der Waals surface area contributed by atoms with E-state index in [1.165, 1.54) is 6.20 Å². The van der Waals surface area contributed by atoms with E-state index in [1.807, 2.05) is 12.1 Å². The molecule has 0 atom stereocenters. The highest BCUT2D eigenvalue weighted by Gasteiger charge is 2.36. The molecule has 7 heteroatoms. The van der Waals surface area contributed by atoms with Gasteiger partial charge in [0.15, 0.2) is 5.69 Å². The zero-order chi connectivity index (χ0) is 15.6. The van der Waals surface area contributed by atoms with Crippen molar-refractivity contribution < 1.29 is 24.1 Å². The van der Waals surface area contributed by atoms with E-state index >= 15 is 0 Å². The first kappa shape index (κ1) is 15.0. The van der Waals surface area contributed by atoms with Crippen molar-refractivity contribution in [2.75, 3.05) is 26.4 Å². The number of carbonyl (C=O) groups is 1. The van der Waals surface area contributed by atoms with Gasteiger partial charge in [-0.2, -0.15) is 0 Å². The van der Waals surface area contributed by atoms with Crippen molar-refractivity contribution in [3.8, 4) is 0 Å². The molecule has 1 saturated heterocycles. The highest BCUT2D eigenvalue weighted by atomic mass is 16.6. The molecule has 22 heavy (non-hydrogen) atoms. The lowest BCUT2D eigenvalue weighted by Crippen LogP contribution is -2.53. The summed E-state index contributed by atoms with van der Waals surface area (Å²) in [6, 6.07) is 3.68. The molecule has 0 radical (unpaired) electrons. The van der Waals surface area contributed by atoms with Crippen LogP contribution in [0, 0.1) is 0 Å². The van der Waals surface area contributed by atoms with Crippen molar-refractivity contribution in [3.63, 3.8) is 0 Å². The minimum atomic E-state index is -0.853. The number of aromatic nitrogens is 2. The van der Waals surface area contributed by atoms with E-state index in [0.29, 0.717) is 37.8 Å². The molecule has 7 nitrogen and oxygen atoms in total. The Morgan fingerprint density at radius 2 is 2.36 bits per heavy atom. The predicted molar refractivity (Wildman–Crippen MR) is 76.6 cm³/mol. The highest BCUT2D eigenvalue weighted by Crippen LogP contribution is 2.18. The number of hydrogen-bond acceptors (Lipinski definition) is 6. The molecule has 2 aromatic rings. The molecular formula is C15H18N2O5. The molecule has 0 aliphatic carbocycles. The van der Waals surface area contributed by atoms with Gasteiger partial charge >= 0.3 is 5.97 Å². The van der Waals surface area contributed by atoms with E-state index in [1.54, 1.807) is 17.5 Å². The fraction of sp³-hybridized carbons (Fsp3) is 0.467. The van der Waals surface area contributed by atoms with Gasteiger partial charge in [0.1, 0.15) is 11.2 Å². The fourth-order valence-electron chi connectivity index (χ4n) is 2.25. The number of hydrogen-bond donors (Lipinski definition) is 1. The van der Waals surface area contributed by atoms with Gasteiger partial charge in [0.2, 0.25) is 0 Å². The number of aliphatic hydroxyl groups is 1. The van der Waals surface area contributed by atoms with Crippen LogP contribution in [0.25, 0.3) is 5.65 Å². The summed E-state index contributed by atoms with van der Waals surface area (Å²) in [5, 5.41) is 9.86. The molecule has 1 fully saturated rings. The lowest BCUT2D eigenvalue weighted by molar-refractivity contribution is -0.206. The van der Waals surface area contributed by atoms with Gasteiger partial charge in [-0.25, -0.2) is 9.78 Å². The Hall–Kier alpha value is -1.96. The number of nitrogens with zero attached hydrogens (tertiary/aromatic N) is 2. The monoisotopic (exact) mass is 306 g/mol. The zero-order valence-corrected chi connectivity index (χ0v) is 12.3. The molecule has 0 aromatic carbocycles. The van der Waals surface area contributed by atoms with Gasteiger partial charge in [-0.1, -0.05) is 0 Å². The van der Waals surface area contributed by atoms with Gasteiger partial charge in [-0.15, -0.1) is 0 Å². The summed E-state index contributed by atoms with van der Waals surface area (Å²) >= 11 is 0. The van der Waals surface area contributed by atoms with Crippen molar-refractivity contribution in [3.05, 3.63) is 35.8 Å². The molecule has 3 heterocycles. The van der Waals surface area contributed by atoms with E-state index in [9.17, 15) is 9.90 Å². The second-order valence-corrected chi connectivity index (χ2v) is 5.34. The van der Waals surface area contributed by atoms with Crippen LogP contribution >= 0.6 is 0 Å². The predicted octanol–water partition coefficient (Wildman–Crippen LogP) is 0.789. The molecule has 0 saturated carbocycles. The highest BCUT2D eigenvalue weighted by molar-refractivity contribution is 5.88. The lowest BCUT2D eigenvalue weighted by Gasteiger charge is -2.35. The standard InChI is InChI=1S/C15H18N2O5/c1-2-22-14(18)12-6-16-13-5-11(3-4-17(12)13)7-20-8-15(19)9-21-10-15/h3-6,19H,2,7-10H2,1H3. The summed E-state index contributed by atoms with van der Waals surface area (Å²) < 4.78 is 17.1. The van der Waals surface area contributed by atoms with Gasteiger partial charge in [0.05, 0.1) is 39.2 Å². The third-order valence-corrected chi connectivity index (χ3v) is 3.44. The Morgan fingerprint density at radius 3 is 3.05 bits per heavy atom. The first-order valence-corrected chi connectivity index (χ1v) is 7.12. The molecule has 0 bridgehead atoms. The second kappa shape index (κ2) is 6.04. The van der Waals surface area contributed by atoms with Crippen LogP contribution in [0.15, 0.2) is 24.5 Å². The van der Waals surface area contributed by atoms with Crippen LogP contribution in [-0.4, -0.2) is 52.5 Å². The fourth-order valence-corrected chi connectivity index (χ4v) is 2.25. The Kier molecular flexibility index (Phi) is 4.10. The van der Waals surface area contributed by atoms with E-state index < -0.39 is 11.6 Å². The maximum Gasteiger partial charge on any atom is 0.356 e. The largest absolute Gasteiger partial charge is 0.461 e. The summed E-state index contributed by atoms with van der Waals surface area (Å²) in [5.74, 6) is -0.397. The Labute approximate surface area is 127 Å². The average molecular weight is 306 g/mol. The SMILES string of the molecule is CCOC(=O)c1cnc2cc(COCC3(O)COC3)ccn12. The number of rotatable bonds is 6. The van der Waals surface area contributed by atoms with E-state index in [0.717, 1.165) is 5.56 Å². The summed E-state index contributed by atoms with van der Waals surface area (Å²) in [5.41, 5.74) is 1.10. The smallest absolute Gasteiger partial charge is 0.356 e. The molecular weight excluding hydrogens is 288 g/mol. The molecule has 0 spiro atoms. The van der Waals surface area contributed by atoms with Crippen molar-refractivity contribution in [2.45, 2.75) is 19.1 Å². The van der Waals surface area contributed by atoms with Crippen LogP contribution in [0.3, 0.4) is 0 Å². The number of imidazole rings is 1. The zero-order valence-electron chi connectivity index (χ0n) is 12.3. The number of fused-ring (bicyclic) bond motifs is 1. The van der Waals surface area contributed by atoms with Crippen molar-refractivity contribution >= 4 is 11.6 Å². The number of carbonyl (C=O) groups excluding carboxylic acids is 1. The second-order valence-electron chi connectivity index (χ2n) is 5.34. The lowest BCUT2D eigenvalue weighted by atomic mass is 10.0.